The van der Waals surface area contributed by atoms with E-state index in [4.69, 9.17) is 0 Å². The van der Waals surface area contributed by atoms with Gasteiger partial charge in [-0.25, -0.2) is 4.39 Å². The summed E-state index contributed by atoms with van der Waals surface area (Å²) in [6, 6.07) is 13.4. The number of carbonyl (C=O) groups is 1. The van der Waals surface area contributed by atoms with E-state index >= 15 is 0 Å². The van der Waals surface area contributed by atoms with Crippen LogP contribution in [0.5, 0.6) is 0 Å². The first-order chi connectivity index (χ1) is 8.68. The van der Waals surface area contributed by atoms with Crippen LogP contribution in [0.4, 0.5) is 4.39 Å². The molecule has 0 heterocycles. The van der Waals surface area contributed by atoms with E-state index in [0.717, 1.165) is 0 Å². The smallest absolute Gasteiger partial charge is 0.193 e. The molecule has 18 heavy (non-hydrogen) atoms. The predicted octanol–water partition coefficient (Wildman–Crippen LogP) is 4.39. The number of aryl methyl sites for hydroxylation is 1. The Morgan fingerprint density at radius 2 is 1.56 bits per heavy atom. The van der Waals surface area contributed by atoms with E-state index in [1.165, 1.54) is 6.07 Å². The number of benzene rings is 2. The predicted molar refractivity (Wildman–Crippen MR) is 72.4 cm³/mol. The number of halogens is 1. The van der Waals surface area contributed by atoms with Gasteiger partial charge in [0, 0.05) is 11.1 Å². The van der Waals surface area contributed by atoms with Crippen molar-refractivity contribution in [3.63, 3.8) is 0 Å². The molecule has 0 fully saturated rings. The summed E-state index contributed by atoms with van der Waals surface area (Å²) in [4.78, 5) is 11.9. The van der Waals surface area contributed by atoms with Crippen LogP contribution in [0.15, 0.2) is 48.5 Å². The second-order valence-electron chi connectivity index (χ2n) is 3.66. The highest BCUT2D eigenvalue weighted by molar-refractivity contribution is 6.08. The average Bonchev–Trinajstić information content (AvgIpc) is 2.44. The fourth-order valence-corrected chi connectivity index (χ4v) is 1.49. The largest absolute Gasteiger partial charge is 0.289 e. The molecule has 0 bridgehead atoms. The van der Waals surface area contributed by atoms with E-state index in [0.29, 0.717) is 16.7 Å². The highest BCUT2D eigenvalue weighted by Gasteiger charge is 2.09. The zero-order chi connectivity index (χ0) is 13.5. The molecule has 0 spiro atoms. The second kappa shape index (κ2) is 6.70. The molecular formula is C16H17FO. The summed E-state index contributed by atoms with van der Waals surface area (Å²) in [5, 5.41) is 0. The Labute approximate surface area is 107 Å². The van der Waals surface area contributed by atoms with Crippen LogP contribution < -0.4 is 0 Å². The van der Waals surface area contributed by atoms with Gasteiger partial charge in [0.15, 0.2) is 5.78 Å². The molecule has 2 aromatic rings. The fraction of sp³-hybridized carbons (Fsp3) is 0.188. The molecule has 2 aromatic carbocycles. The summed E-state index contributed by atoms with van der Waals surface area (Å²) in [6.45, 7) is 5.67. The Bertz CT molecular complexity index is 518. The number of ketones is 1. The molecule has 0 aliphatic heterocycles. The van der Waals surface area contributed by atoms with Crippen molar-refractivity contribution < 1.29 is 9.18 Å². The summed E-state index contributed by atoms with van der Waals surface area (Å²) in [5.74, 6) is -0.499. The number of hydrogen-bond acceptors (Lipinski definition) is 1. The van der Waals surface area contributed by atoms with Gasteiger partial charge in [-0.2, -0.15) is 0 Å². The molecule has 2 heteroatoms. The lowest BCUT2D eigenvalue weighted by Crippen LogP contribution is -2.01. The second-order valence-corrected chi connectivity index (χ2v) is 3.66. The fourth-order valence-electron chi connectivity index (χ4n) is 1.49. The van der Waals surface area contributed by atoms with Gasteiger partial charge in [0.1, 0.15) is 5.82 Å². The standard InChI is InChI=1S/C14H11FO.C2H6/c1-10-7-8-12(9-13(10)15)14(16)11-5-3-2-4-6-11;1-2/h2-9H,1H3;1-2H3. The van der Waals surface area contributed by atoms with E-state index in [1.54, 1.807) is 43.3 Å². The first-order valence-electron chi connectivity index (χ1n) is 6.04. The van der Waals surface area contributed by atoms with Gasteiger partial charge in [-0.1, -0.05) is 56.3 Å². The summed E-state index contributed by atoms with van der Waals surface area (Å²) >= 11 is 0. The maximum atomic E-state index is 13.3. The molecule has 0 atom stereocenters. The number of hydrogen-bond donors (Lipinski definition) is 0. The third-order valence-corrected chi connectivity index (χ3v) is 2.47. The lowest BCUT2D eigenvalue weighted by molar-refractivity contribution is 0.103. The lowest BCUT2D eigenvalue weighted by atomic mass is 10.0. The van der Waals surface area contributed by atoms with Gasteiger partial charge in [0.2, 0.25) is 0 Å². The van der Waals surface area contributed by atoms with Gasteiger partial charge >= 0.3 is 0 Å². The quantitative estimate of drug-likeness (QED) is 0.716. The normalized spacial score (nSPS) is 9.33. The zero-order valence-electron chi connectivity index (χ0n) is 10.9. The first-order valence-corrected chi connectivity index (χ1v) is 6.04. The SMILES string of the molecule is CC.Cc1ccc(C(=O)c2ccccc2)cc1F. The molecule has 0 aliphatic carbocycles. The minimum Gasteiger partial charge on any atom is -0.289 e. The van der Waals surface area contributed by atoms with Crippen LogP contribution >= 0.6 is 0 Å². The molecule has 1 nitrogen and oxygen atoms in total. The van der Waals surface area contributed by atoms with Gasteiger partial charge in [0.25, 0.3) is 0 Å². The van der Waals surface area contributed by atoms with Crippen molar-refractivity contribution in [2.45, 2.75) is 20.8 Å². The van der Waals surface area contributed by atoms with E-state index < -0.39 is 0 Å². The Kier molecular flexibility index (Phi) is 5.25. The Balaban J connectivity index is 0.000000771. The van der Waals surface area contributed by atoms with Crippen molar-refractivity contribution in [1.82, 2.24) is 0 Å². The molecular weight excluding hydrogens is 227 g/mol. The summed E-state index contributed by atoms with van der Waals surface area (Å²) < 4.78 is 13.3. The van der Waals surface area contributed by atoms with Crippen molar-refractivity contribution in [3.8, 4) is 0 Å². The van der Waals surface area contributed by atoms with Crippen LogP contribution in [0.1, 0.15) is 35.3 Å². The minimum atomic E-state index is -0.346. The summed E-state index contributed by atoms with van der Waals surface area (Å²) in [5.41, 5.74) is 1.50. The van der Waals surface area contributed by atoms with Gasteiger partial charge in [-0.3, -0.25) is 4.79 Å². The lowest BCUT2D eigenvalue weighted by Gasteiger charge is -2.02. The van der Waals surface area contributed by atoms with Gasteiger partial charge in [-0.15, -0.1) is 0 Å². The first kappa shape index (κ1) is 14.1. The molecule has 0 amide bonds. The molecule has 0 aliphatic rings. The molecule has 0 saturated carbocycles. The third-order valence-electron chi connectivity index (χ3n) is 2.47. The molecule has 0 saturated heterocycles. The van der Waals surface area contributed by atoms with Crippen molar-refractivity contribution in [1.29, 1.82) is 0 Å². The van der Waals surface area contributed by atoms with Gasteiger partial charge in [-0.05, 0) is 18.6 Å². The van der Waals surface area contributed by atoms with Crippen LogP contribution in [0, 0.1) is 12.7 Å². The van der Waals surface area contributed by atoms with Gasteiger partial charge < -0.3 is 0 Å². The van der Waals surface area contributed by atoms with Crippen molar-refractivity contribution in [2.75, 3.05) is 0 Å². The Morgan fingerprint density at radius 1 is 0.944 bits per heavy atom. The van der Waals surface area contributed by atoms with E-state index in [2.05, 4.69) is 0 Å². The van der Waals surface area contributed by atoms with E-state index in [-0.39, 0.29) is 11.6 Å². The highest BCUT2D eigenvalue weighted by atomic mass is 19.1. The molecule has 2 rings (SSSR count). The molecule has 0 unspecified atom stereocenters. The monoisotopic (exact) mass is 244 g/mol. The van der Waals surface area contributed by atoms with Crippen LogP contribution in [-0.2, 0) is 0 Å². The topological polar surface area (TPSA) is 17.1 Å². The maximum Gasteiger partial charge on any atom is 0.193 e. The van der Waals surface area contributed by atoms with Crippen LogP contribution in [0.2, 0.25) is 0 Å². The number of rotatable bonds is 2. The average molecular weight is 244 g/mol. The number of carbonyl (C=O) groups excluding carboxylic acids is 1. The summed E-state index contributed by atoms with van der Waals surface area (Å²) in [6.07, 6.45) is 0. The van der Waals surface area contributed by atoms with Crippen LogP contribution in [0.3, 0.4) is 0 Å². The van der Waals surface area contributed by atoms with E-state index in [1.807, 2.05) is 19.9 Å². The zero-order valence-corrected chi connectivity index (χ0v) is 10.9. The molecule has 0 aromatic heterocycles. The Hall–Kier alpha value is -1.96. The molecule has 0 N–H and O–H groups in total. The van der Waals surface area contributed by atoms with E-state index in [9.17, 15) is 9.18 Å². The van der Waals surface area contributed by atoms with Crippen molar-refractivity contribution >= 4 is 5.78 Å². The summed E-state index contributed by atoms with van der Waals surface area (Å²) in [7, 11) is 0. The molecule has 94 valence electrons. The van der Waals surface area contributed by atoms with Crippen molar-refractivity contribution in [2.24, 2.45) is 0 Å². The highest BCUT2D eigenvalue weighted by Crippen LogP contribution is 2.13. The minimum absolute atomic E-state index is 0.153. The maximum absolute atomic E-state index is 13.3. The Morgan fingerprint density at radius 3 is 2.11 bits per heavy atom. The van der Waals surface area contributed by atoms with Crippen LogP contribution in [-0.4, -0.2) is 5.78 Å². The van der Waals surface area contributed by atoms with Crippen molar-refractivity contribution in [3.05, 3.63) is 71.0 Å². The molecule has 0 radical (unpaired) electrons. The third kappa shape index (κ3) is 3.27. The van der Waals surface area contributed by atoms with Gasteiger partial charge in [0.05, 0.1) is 0 Å². The van der Waals surface area contributed by atoms with Crippen LogP contribution in [0.25, 0.3) is 0 Å².